The van der Waals surface area contributed by atoms with Crippen LogP contribution in [-0.4, -0.2) is 19.2 Å². The quantitative estimate of drug-likeness (QED) is 0.159. The van der Waals surface area contributed by atoms with E-state index in [1.807, 2.05) is 31.2 Å². The van der Waals surface area contributed by atoms with Gasteiger partial charge in [0.05, 0.1) is 16.9 Å². The van der Waals surface area contributed by atoms with Crippen molar-refractivity contribution in [2.75, 3.05) is 7.11 Å². The first-order valence-corrected chi connectivity index (χ1v) is 11.5. The Hall–Kier alpha value is -3.04. The van der Waals surface area contributed by atoms with Gasteiger partial charge in [0.1, 0.15) is 12.2 Å². The average Bonchev–Trinajstić information content (AvgIpc) is 3.21. The molecule has 0 bridgehead atoms. The van der Waals surface area contributed by atoms with E-state index >= 15 is 0 Å². The Kier molecular flexibility index (Phi) is 7.20. The molecule has 0 saturated heterocycles. The molecule has 1 aromatic heterocycles. The lowest BCUT2D eigenvalue weighted by Crippen LogP contribution is -2.16. The summed E-state index contributed by atoms with van der Waals surface area (Å²) in [6, 6.07) is 18.6. The molecule has 1 amide bonds. The van der Waals surface area contributed by atoms with Crippen LogP contribution in [0.1, 0.15) is 27.2 Å². The summed E-state index contributed by atoms with van der Waals surface area (Å²) in [4.78, 5) is 12.4. The second kappa shape index (κ2) is 10.3. The highest BCUT2D eigenvalue weighted by Gasteiger charge is 2.13. The summed E-state index contributed by atoms with van der Waals surface area (Å²) in [5, 5.41) is 5.36. The summed E-state index contributed by atoms with van der Waals surface area (Å²) in [5.41, 5.74) is 6.06. The van der Waals surface area contributed by atoms with E-state index in [4.69, 9.17) is 25.5 Å². The van der Waals surface area contributed by atoms with Gasteiger partial charge in [0.15, 0.2) is 17.3 Å². The van der Waals surface area contributed by atoms with Crippen LogP contribution >= 0.6 is 34.2 Å². The van der Waals surface area contributed by atoms with Gasteiger partial charge in [-0.3, -0.25) is 4.79 Å². The third-order valence-corrected chi connectivity index (χ3v) is 5.84. The second-order valence-corrected chi connectivity index (χ2v) is 8.90. The third kappa shape index (κ3) is 5.66. The van der Waals surface area contributed by atoms with Gasteiger partial charge in [-0.1, -0.05) is 41.4 Å². The van der Waals surface area contributed by atoms with Crippen LogP contribution in [0.25, 0.3) is 11.0 Å². The van der Waals surface area contributed by atoms with Crippen molar-refractivity contribution >= 4 is 57.3 Å². The number of rotatable bonds is 7. The number of nitrogens with one attached hydrogen (secondary N) is 1. The van der Waals surface area contributed by atoms with Crippen LogP contribution in [0.15, 0.2) is 70.2 Å². The third-order valence-electron chi connectivity index (χ3n) is 4.80. The molecule has 168 valence electrons. The molecule has 1 heterocycles. The van der Waals surface area contributed by atoms with Crippen molar-refractivity contribution in [1.29, 1.82) is 0 Å². The van der Waals surface area contributed by atoms with Crippen molar-refractivity contribution in [3.63, 3.8) is 0 Å². The van der Waals surface area contributed by atoms with Crippen LogP contribution in [0.5, 0.6) is 11.5 Å². The van der Waals surface area contributed by atoms with Gasteiger partial charge in [-0.05, 0) is 77.0 Å². The molecule has 6 nitrogen and oxygen atoms in total. The molecule has 0 atom stereocenters. The smallest absolute Gasteiger partial charge is 0.307 e. The number of hydrogen-bond donors (Lipinski definition) is 1. The zero-order valence-corrected chi connectivity index (χ0v) is 20.8. The van der Waals surface area contributed by atoms with E-state index in [9.17, 15) is 4.79 Å². The lowest BCUT2D eigenvalue weighted by molar-refractivity contribution is 0.0929. The molecule has 33 heavy (non-hydrogen) atoms. The minimum Gasteiger partial charge on any atom is -0.493 e. The van der Waals surface area contributed by atoms with Crippen LogP contribution in [0.4, 0.5) is 0 Å². The van der Waals surface area contributed by atoms with E-state index in [0.29, 0.717) is 28.7 Å². The number of carbonyl (C=O) groups is 1. The molecular formula is C25H20ClIN2O4. The number of methoxy groups -OCH3 is 1. The van der Waals surface area contributed by atoms with Crippen molar-refractivity contribution in [2.24, 2.45) is 5.10 Å². The predicted octanol–water partition coefficient (Wildman–Crippen LogP) is 6.35. The maximum Gasteiger partial charge on any atom is 0.307 e. The van der Waals surface area contributed by atoms with E-state index in [0.717, 1.165) is 20.1 Å². The highest BCUT2D eigenvalue weighted by molar-refractivity contribution is 14.1. The number of fused-ring (bicyclic) bond motifs is 1. The molecule has 0 spiro atoms. The molecule has 0 saturated carbocycles. The van der Waals surface area contributed by atoms with Crippen molar-refractivity contribution in [1.82, 2.24) is 5.43 Å². The number of ether oxygens (including phenoxy) is 2. The molecule has 0 radical (unpaired) electrons. The number of nitrogens with zero attached hydrogens (tertiary/aromatic N) is 1. The van der Waals surface area contributed by atoms with E-state index in [-0.39, 0.29) is 5.76 Å². The van der Waals surface area contributed by atoms with Crippen molar-refractivity contribution < 1.29 is 18.7 Å². The molecule has 0 aliphatic heterocycles. The van der Waals surface area contributed by atoms with Gasteiger partial charge in [0.25, 0.3) is 0 Å². The molecule has 0 aliphatic carbocycles. The van der Waals surface area contributed by atoms with Crippen molar-refractivity contribution in [2.45, 2.75) is 13.5 Å². The number of furan rings is 1. The first kappa shape index (κ1) is 23.1. The largest absolute Gasteiger partial charge is 0.493 e. The van der Waals surface area contributed by atoms with E-state index in [2.05, 4.69) is 39.2 Å². The minimum atomic E-state index is -0.460. The van der Waals surface area contributed by atoms with E-state index < -0.39 is 5.91 Å². The van der Waals surface area contributed by atoms with Gasteiger partial charge in [-0.15, -0.1) is 0 Å². The Morgan fingerprint density at radius 3 is 2.82 bits per heavy atom. The topological polar surface area (TPSA) is 73.1 Å². The fraction of sp³-hybridized carbons (Fsp3) is 0.120. The van der Waals surface area contributed by atoms with Crippen LogP contribution < -0.4 is 14.9 Å². The van der Waals surface area contributed by atoms with Gasteiger partial charge in [0.2, 0.25) is 0 Å². The number of halogens is 2. The fourth-order valence-electron chi connectivity index (χ4n) is 3.26. The van der Waals surface area contributed by atoms with Gasteiger partial charge in [-0.25, -0.2) is 5.43 Å². The summed E-state index contributed by atoms with van der Waals surface area (Å²) in [7, 11) is 1.58. The highest BCUT2D eigenvalue weighted by atomic mass is 127. The molecule has 4 aromatic rings. The van der Waals surface area contributed by atoms with Crippen LogP contribution in [-0.2, 0) is 6.61 Å². The molecule has 8 heteroatoms. The number of hydrazone groups is 1. The number of carbonyl (C=O) groups excluding carboxylic acids is 1. The zero-order chi connectivity index (χ0) is 23.4. The Labute approximate surface area is 209 Å². The monoisotopic (exact) mass is 574 g/mol. The van der Waals surface area contributed by atoms with Crippen molar-refractivity contribution in [3.05, 3.63) is 91.7 Å². The predicted molar refractivity (Wildman–Crippen MR) is 138 cm³/mol. The van der Waals surface area contributed by atoms with Gasteiger partial charge < -0.3 is 13.9 Å². The second-order valence-electron chi connectivity index (χ2n) is 7.30. The van der Waals surface area contributed by atoms with Gasteiger partial charge in [0, 0.05) is 10.4 Å². The Balaban J connectivity index is 1.44. The molecule has 3 aromatic carbocycles. The Bertz CT molecular complexity index is 1350. The average molecular weight is 575 g/mol. The van der Waals surface area contributed by atoms with Gasteiger partial charge in [-0.2, -0.15) is 5.10 Å². The normalized spacial score (nSPS) is 11.2. The fourth-order valence-corrected chi connectivity index (χ4v) is 4.22. The maximum absolute atomic E-state index is 12.4. The van der Waals surface area contributed by atoms with E-state index in [1.54, 1.807) is 37.4 Å². The zero-order valence-electron chi connectivity index (χ0n) is 17.9. The number of aryl methyl sites for hydroxylation is 1. The SMILES string of the molecule is COc1cc(/C=N/NC(=O)c2cc3cc(Cl)ccc3o2)cc(I)c1OCc1cccc(C)c1. The summed E-state index contributed by atoms with van der Waals surface area (Å²) in [5.74, 6) is 0.924. The first-order chi connectivity index (χ1) is 15.9. The van der Waals surface area contributed by atoms with E-state index in [1.165, 1.54) is 11.8 Å². The summed E-state index contributed by atoms with van der Waals surface area (Å²) in [6.45, 7) is 2.48. The lowest BCUT2D eigenvalue weighted by atomic mass is 10.1. The maximum atomic E-state index is 12.4. The number of hydrogen-bond acceptors (Lipinski definition) is 5. The minimum absolute atomic E-state index is 0.150. The highest BCUT2D eigenvalue weighted by Crippen LogP contribution is 2.34. The Morgan fingerprint density at radius 1 is 1.18 bits per heavy atom. The number of amides is 1. The van der Waals surface area contributed by atoms with Crippen molar-refractivity contribution in [3.8, 4) is 11.5 Å². The molecule has 0 unspecified atom stereocenters. The van der Waals surface area contributed by atoms with Crippen LogP contribution in [0.3, 0.4) is 0 Å². The summed E-state index contributed by atoms with van der Waals surface area (Å²) < 4.78 is 17.9. The first-order valence-electron chi connectivity index (χ1n) is 10.0. The van der Waals surface area contributed by atoms with Crippen LogP contribution in [0.2, 0.25) is 5.02 Å². The standard InChI is InChI=1S/C25H20ClIN2O4/c1-15-4-3-5-16(8-15)14-32-24-20(27)9-17(10-22(24)31-2)13-28-29-25(30)23-12-18-11-19(26)6-7-21(18)33-23/h3-13H,14H2,1-2H3,(H,29,30)/b28-13+. The molecule has 0 fully saturated rings. The molecule has 4 rings (SSSR count). The molecular weight excluding hydrogens is 555 g/mol. The molecule has 0 aliphatic rings. The molecule has 1 N–H and O–H groups in total. The Morgan fingerprint density at radius 2 is 2.03 bits per heavy atom. The summed E-state index contributed by atoms with van der Waals surface area (Å²) in [6.07, 6.45) is 1.53. The lowest BCUT2D eigenvalue weighted by Gasteiger charge is -2.14. The van der Waals surface area contributed by atoms with Gasteiger partial charge >= 0.3 is 5.91 Å². The summed E-state index contributed by atoms with van der Waals surface area (Å²) >= 11 is 8.17. The number of benzene rings is 3. The van der Waals surface area contributed by atoms with Crippen LogP contribution in [0, 0.1) is 10.5 Å².